The van der Waals surface area contributed by atoms with Crippen LogP contribution in [0.4, 0.5) is 16.2 Å². The summed E-state index contributed by atoms with van der Waals surface area (Å²) >= 11 is 6.21. The monoisotopic (exact) mass is 528 g/mol. The number of carboxylic acid groups (broad SMARTS) is 1. The number of amides is 2. The van der Waals surface area contributed by atoms with Crippen molar-refractivity contribution < 1.29 is 19.4 Å². The molecule has 0 aliphatic rings. The van der Waals surface area contributed by atoms with Crippen molar-refractivity contribution in [3.63, 3.8) is 0 Å². The third-order valence-electron chi connectivity index (χ3n) is 5.95. The fraction of sp³-hybridized carbons (Fsp3) is 0.161. The van der Waals surface area contributed by atoms with Crippen LogP contribution in [-0.4, -0.2) is 17.1 Å². The van der Waals surface area contributed by atoms with Crippen LogP contribution in [0, 0.1) is 6.92 Å². The highest BCUT2D eigenvalue weighted by molar-refractivity contribution is 6.33. The van der Waals surface area contributed by atoms with E-state index in [9.17, 15) is 14.7 Å². The Morgan fingerprint density at radius 1 is 0.816 bits per heavy atom. The average Bonchev–Trinajstić information content (AvgIpc) is 2.84. The fourth-order valence-corrected chi connectivity index (χ4v) is 4.33. The number of carbonyl (C=O) groups is 2. The molecule has 0 saturated carbocycles. The number of carbonyl (C=O) groups excluding carboxylic acids is 1. The molecule has 0 heterocycles. The number of benzene rings is 4. The van der Waals surface area contributed by atoms with Crippen LogP contribution in [0.2, 0.25) is 5.02 Å². The summed E-state index contributed by atoms with van der Waals surface area (Å²) in [5.41, 5.74) is 4.43. The van der Waals surface area contributed by atoms with Gasteiger partial charge in [0.25, 0.3) is 0 Å². The number of nitrogens with one attached hydrogen (secondary N) is 2. The van der Waals surface area contributed by atoms with E-state index in [1.165, 1.54) is 6.07 Å². The highest BCUT2D eigenvalue weighted by Gasteiger charge is 2.20. The van der Waals surface area contributed by atoms with E-state index < -0.39 is 12.0 Å². The third-order valence-corrected chi connectivity index (χ3v) is 6.26. The van der Waals surface area contributed by atoms with E-state index in [1.54, 1.807) is 24.3 Å². The normalized spacial score (nSPS) is 11.1. The average molecular weight is 529 g/mol. The number of urea groups is 1. The summed E-state index contributed by atoms with van der Waals surface area (Å²) in [6.45, 7) is 8.28. The number of anilines is 2. The van der Waals surface area contributed by atoms with Crippen molar-refractivity contribution in [1.29, 1.82) is 0 Å². The van der Waals surface area contributed by atoms with Crippen molar-refractivity contribution >= 4 is 35.0 Å². The van der Waals surface area contributed by atoms with Crippen molar-refractivity contribution in [3.05, 3.63) is 107 Å². The highest BCUT2D eigenvalue weighted by Crippen LogP contribution is 2.39. The topological polar surface area (TPSA) is 87.7 Å². The first-order chi connectivity index (χ1) is 18.0. The van der Waals surface area contributed by atoms with Crippen LogP contribution < -0.4 is 15.4 Å². The van der Waals surface area contributed by atoms with Gasteiger partial charge in [-0.3, -0.25) is 0 Å². The lowest BCUT2D eigenvalue weighted by molar-refractivity contribution is 0.0697. The molecule has 3 N–H and O–H groups in total. The summed E-state index contributed by atoms with van der Waals surface area (Å²) in [4.78, 5) is 24.4. The molecule has 0 aromatic heterocycles. The molecule has 4 aromatic rings. The van der Waals surface area contributed by atoms with Crippen molar-refractivity contribution in [2.75, 3.05) is 10.6 Å². The second-order valence-corrected chi connectivity index (χ2v) is 10.4. The van der Waals surface area contributed by atoms with Crippen molar-refractivity contribution in [2.45, 2.75) is 33.1 Å². The van der Waals surface area contributed by atoms with Crippen LogP contribution >= 0.6 is 11.6 Å². The van der Waals surface area contributed by atoms with Gasteiger partial charge in [-0.05, 0) is 71.5 Å². The van der Waals surface area contributed by atoms with Crippen LogP contribution in [0.15, 0.2) is 84.9 Å². The summed E-state index contributed by atoms with van der Waals surface area (Å²) in [5.74, 6) is 0.0415. The van der Waals surface area contributed by atoms with Crippen LogP contribution in [0.5, 0.6) is 11.5 Å². The molecule has 6 nitrogen and oxygen atoms in total. The largest absolute Gasteiger partial charge is 0.478 e. The lowest BCUT2D eigenvalue weighted by Gasteiger charge is -2.23. The Morgan fingerprint density at radius 2 is 1.53 bits per heavy atom. The number of aryl methyl sites for hydroxylation is 1. The summed E-state index contributed by atoms with van der Waals surface area (Å²) in [6, 6.07) is 25.0. The van der Waals surface area contributed by atoms with Crippen LogP contribution in [0.3, 0.4) is 0 Å². The number of ether oxygens (including phenoxy) is 1. The van der Waals surface area contributed by atoms with Crippen molar-refractivity contribution in [2.24, 2.45) is 0 Å². The van der Waals surface area contributed by atoms with Crippen LogP contribution in [0.1, 0.15) is 42.3 Å². The van der Waals surface area contributed by atoms with E-state index in [1.807, 2.05) is 61.5 Å². The standard InChI is InChI=1S/C31H29ClN2O4/c1-19-8-7-9-22(16-19)33-30(37)34-26-18-21(20-12-14-23(29(35)36)25(32)17-20)13-15-28(26)38-27-11-6-5-10-24(27)31(2,3)4/h5-18H,1-4H3,(H,35,36)(H2,33,34,37). The first-order valence-corrected chi connectivity index (χ1v) is 12.5. The number of para-hydroxylation sites is 1. The van der Waals surface area contributed by atoms with Crippen LogP contribution in [-0.2, 0) is 5.41 Å². The third kappa shape index (κ3) is 6.33. The summed E-state index contributed by atoms with van der Waals surface area (Å²) in [6.07, 6.45) is 0. The number of hydrogen-bond acceptors (Lipinski definition) is 3. The number of carboxylic acids is 1. The lowest BCUT2D eigenvalue weighted by atomic mass is 9.86. The fourth-order valence-electron chi connectivity index (χ4n) is 4.07. The Morgan fingerprint density at radius 3 is 2.21 bits per heavy atom. The predicted octanol–water partition coefficient (Wildman–Crippen LogP) is 8.75. The van der Waals surface area contributed by atoms with Crippen LogP contribution in [0.25, 0.3) is 11.1 Å². The lowest BCUT2D eigenvalue weighted by Crippen LogP contribution is -2.20. The van der Waals surface area contributed by atoms with Gasteiger partial charge in [0, 0.05) is 11.3 Å². The number of aromatic carboxylic acids is 1. The molecule has 0 radical (unpaired) electrons. The Kier molecular flexibility index (Phi) is 7.74. The molecule has 0 fully saturated rings. The molecule has 7 heteroatoms. The maximum atomic E-state index is 13.0. The maximum Gasteiger partial charge on any atom is 0.337 e. The van der Waals surface area contributed by atoms with Crippen molar-refractivity contribution in [3.8, 4) is 22.6 Å². The van der Waals surface area contributed by atoms with E-state index in [0.29, 0.717) is 28.4 Å². The van der Waals surface area contributed by atoms with Gasteiger partial charge < -0.3 is 20.5 Å². The predicted molar refractivity (Wildman–Crippen MR) is 153 cm³/mol. The zero-order valence-corrected chi connectivity index (χ0v) is 22.4. The van der Waals surface area contributed by atoms with Gasteiger partial charge in [0.05, 0.1) is 16.3 Å². The first-order valence-electron chi connectivity index (χ1n) is 12.1. The second-order valence-electron chi connectivity index (χ2n) is 10.0. The molecule has 194 valence electrons. The highest BCUT2D eigenvalue weighted by atomic mass is 35.5. The minimum Gasteiger partial charge on any atom is -0.478 e. The Bertz CT molecular complexity index is 1510. The van der Waals surface area contributed by atoms with E-state index in [4.69, 9.17) is 16.3 Å². The summed E-state index contributed by atoms with van der Waals surface area (Å²) in [7, 11) is 0. The molecule has 4 rings (SSSR count). The number of halogens is 1. The molecule has 0 unspecified atom stereocenters. The Balaban J connectivity index is 1.72. The molecular formula is C31H29ClN2O4. The molecule has 0 bridgehead atoms. The molecular weight excluding hydrogens is 500 g/mol. The van der Waals surface area contributed by atoms with Gasteiger partial charge in [-0.25, -0.2) is 9.59 Å². The second kappa shape index (κ2) is 11.0. The van der Waals surface area contributed by atoms with Gasteiger partial charge in [0.15, 0.2) is 5.75 Å². The quantitative estimate of drug-likeness (QED) is 0.233. The van der Waals surface area contributed by atoms with Gasteiger partial charge in [-0.1, -0.05) is 74.8 Å². The molecule has 0 saturated heterocycles. The Labute approximate surface area is 227 Å². The molecule has 0 spiro atoms. The molecule has 0 aliphatic carbocycles. The minimum absolute atomic E-state index is 0.0186. The summed E-state index contributed by atoms with van der Waals surface area (Å²) in [5, 5.41) is 15.2. The maximum absolute atomic E-state index is 13.0. The van der Waals surface area contributed by atoms with Gasteiger partial charge >= 0.3 is 12.0 Å². The van der Waals surface area contributed by atoms with E-state index in [0.717, 1.165) is 16.7 Å². The van der Waals surface area contributed by atoms with E-state index in [-0.39, 0.29) is 16.0 Å². The molecule has 38 heavy (non-hydrogen) atoms. The smallest absolute Gasteiger partial charge is 0.337 e. The molecule has 4 aromatic carbocycles. The van der Waals surface area contributed by atoms with E-state index in [2.05, 4.69) is 31.4 Å². The van der Waals surface area contributed by atoms with Crippen molar-refractivity contribution in [1.82, 2.24) is 0 Å². The Hall–Kier alpha value is -4.29. The molecule has 2 amide bonds. The first kappa shape index (κ1) is 26.8. The SMILES string of the molecule is Cc1cccc(NC(=O)Nc2cc(-c3ccc(C(=O)O)c(Cl)c3)ccc2Oc2ccccc2C(C)(C)C)c1. The van der Waals surface area contributed by atoms with E-state index >= 15 is 0 Å². The van der Waals surface area contributed by atoms with Gasteiger partial charge in [-0.15, -0.1) is 0 Å². The number of hydrogen-bond donors (Lipinski definition) is 3. The van der Waals surface area contributed by atoms with Gasteiger partial charge in [-0.2, -0.15) is 0 Å². The molecule has 0 aliphatic heterocycles. The molecule has 0 atom stereocenters. The summed E-state index contributed by atoms with van der Waals surface area (Å²) < 4.78 is 6.36. The van der Waals surface area contributed by atoms with Gasteiger partial charge in [0.1, 0.15) is 5.75 Å². The zero-order chi connectivity index (χ0) is 27.4. The number of rotatable bonds is 6. The zero-order valence-electron chi connectivity index (χ0n) is 21.6. The van der Waals surface area contributed by atoms with Gasteiger partial charge in [0.2, 0.25) is 0 Å². The minimum atomic E-state index is -1.10.